The van der Waals surface area contributed by atoms with E-state index >= 15 is 0 Å². The molecule has 2 aromatic carbocycles. The molecular weight excluding hydrogens is 440 g/mol. The van der Waals surface area contributed by atoms with E-state index in [1.54, 1.807) is 55.1 Å². The van der Waals surface area contributed by atoms with E-state index < -0.39 is 27.5 Å². The third-order valence-electron chi connectivity index (χ3n) is 4.97. The van der Waals surface area contributed by atoms with Gasteiger partial charge in [-0.25, -0.2) is 13.1 Å². The maximum Gasteiger partial charge on any atom is 0.295 e. The van der Waals surface area contributed by atoms with Gasteiger partial charge in [-0.05, 0) is 50.2 Å². The van der Waals surface area contributed by atoms with Crippen molar-refractivity contribution in [2.75, 3.05) is 15.9 Å². The summed E-state index contributed by atoms with van der Waals surface area (Å²) in [5, 5.41) is 3.06. The quantitative estimate of drug-likeness (QED) is 0.609. The summed E-state index contributed by atoms with van der Waals surface area (Å²) >= 11 is 5.90. The van der Waals surface area contributed by atoms with Gasteiger partial charge in [-0.15, -0.1) is 0 Å². The Bertz CT molecular complexity index is 1270. The van der Waals surface area contributed by atoms with Crippen LogP contribution in [0.1, 0.15) is 12.6 Å². The molecule has 0 bridgehead atoms. The molecule has 0 spiro atoms. The molecule has 1 amide bonds. The molecular formula is C21H23ClN4O4S. The summed E-state index contributed by atoms with van der Waals surface area (Å²) in [5.74, 6) is -0.633. The van der Waals surface area contributed by atoms with Crippen molar-refractivity contribution in [3.05, 3.63) is 75.7 Å². The SMILES string of the molecule is Cc1c(NC(=O)[C@H](C)N(c2ccc(Cl)cc2)S(C)(=O)=O)c(=O)n(-c2ccccc2)n1C. The molecule has 0 aliphatic heterocycles. The summed E-state index contributed by atoms with van der Waals surface area (Å²) in [6.07, 6.45) is 1.02. The molecule has 0 aliphatic carbocycles. The minimum Gasteiger partial charge on any atom is -0.318 e. The molecule has 3 rings (SSSR count). The van der Waals surface area contributed by atoms with Crippen LogP contribution in [0.5, 0.6) is 0 Å². The largest absolute Gasteiger partial charge is 0.318 e. The number of anilines is 2. The van der Waals surface area contributed by atoms with Gasteiger partial charge in [0.15, 0.2) is 0 Å². The summed E-state index contributed by atoms with van der Waals surface area (Å²) in [4.78, 5) is 26.0. The van der Waals surface area contributed by atoms with Gasteiger partial charge in [0.05, 0.1) is 23.3 Å². The second-order valence-corrected chi connectivity index (χ2v) is 9.43. The first-order chi connectivity index (χ1) is 14.5. The molecule has 164 valence electrons. The van der Waals surface area contributed by atoms with E-state index in [-0.39, 0.29) is 5.69 Å². The third kappa shape index (κ3) is 4.52. The van der Waals surface area contributed by atoms with Crippen LogP contribution in [0, 0.1) is 6.92 Å². The van der Waals surface area contributed by atoms with Gasteiger partial charge in [-0.3, -0.25) is 18.6 Å². The summed E-state index contributed by atoms with van der Waals surface area (Å²) in [5.41, 5.74) is 1.15. The van der Waals surface area contributed by atoms with Gasteiger partial charge in [-0.2, -0.15) is 0 Å². The summed E-state index contributed by atoms with van der Waals surface area (Å²) < 4.78 is 28.9. The fourth-order valence-corrected chi connectivity index (χ4v) is 4.64. The minimum absolute atomic E-state index is 0.0905. The zero-order valence-corrected chi connectivity index (χ0v) is 19.1. The van der Waals surface area contributed by atoms with E-state index in [0.717, 1.165) is 10.6 Å². The van der Waals surface area contributed by atoms with Crippen LogP contribution in [-0.4, -0.2) is 36.0 Å². The molecule has 31 heavy (non-hydrogen) atoms. The highest BCUT2D eigenvalue weighted by molar-refractivity contribution is 7.92. The molecule has 1 N–H and O–H groups in total. The van der Waals surface area contributed by atoms with E-state index in [0.29, 0.717) is 22.1 Å². The Morgan fingerprint density at radius 2 is 1.68 bits per heavy atom. The Morgan fingerprint density at radius 1 is 1.10 bits per heavy atom. The maximum atomic E-state index is 13.0. The van der Waals surface area contributed by atoms with E-state index in [9.17, 15) is 18.0 Å². The number of benzene rings is 2. The van der Waals surface area contributed by atoms with Crippen molar-refractivity contribution in [3.63, 3.8) is 0 Å². The van der Waals surface area contributed by atoms with E-state index in [2.05, 4.69) is 5.32 Å². The Kier molecular flexibility index (Phi) is 6.28. The highest BCUT2D eigenvalue weighted by Gasteiger charge is 2.30. The Hall–Kier alpha value is -3.04. The Morgan fingerprint density at radius 3 is 2.23 bits per heavy atom. The van der Waals surface area contributed by atoms with Crippen molar-refractivity contribution in [2.24, 2.45) is 7.05 Å². The second-order valence-electron chi connectivity index (χ2n) is 7.14. The average molecular weight is 463 g/mol. The van der Waals surface area contributed by atoms with Crippen LogP contribution in [-0.2, 0) is 21.9 Å². The average Bonchev–Trinajstić information content (AvgIpc) is 2.92. The lowest BCUT2D eigenvalue weighted by Crippen LogP contribution is -2.45. The molecule has 0 saturated carbocycles. The predicted molar refractivity (Wildman–Crippen MR) is 123 cm³/mol. The fourth-order valence-electron chi connectivity index (χ4n) is 3.34. The lowest BCUT2D eigenvalue weighted by atomic mass is 10.2. The highest BCUT2D eigenvalue weighted by Crippen LogP contribution is 2.24. The van der Waals surface area contributed by atoms with Crippen LogP contribution < -0.4 is 15.2 Å². The first-order valence-corrected chi connectivity index (χ1v) is 11.6. The smallest absolute Gasteiger partial charge is 0.295 e. The molecule has 1 heterocycles. The molecule has 0 aliphatic rings. The molecule has 0 fully saturated rings. The fraction of sp³-hybridized carbons (Fsp3) is 0.238. The molecule has 10 heteroatoms. The standard InChI is InChI=1S/C21H23ClN4O4S/c1-14-19(21(28)25(24(14)3)17-8-6-5-7-9-17)23-20(27)15(2)26(31(4,29)30)18-12-10-16(22)11-13-18/h5-13,15H,1-4H3,(H,23,27)/t15-/m0/s1. The Balaban J connectivity index is 1.97. The van der Waals surface area contributed by atoms with Gasteiger partial charge >= 0.3 is 0 Å². The van der Waals surface area contributed by atoms with Crippen LogP contribution in [0.3, 0.4) is 0 Å². The van der Waals surface area contributed by atoms with Crippen molar-refractivity contribution < 1.29 is 13.2 Å². The summed E-state index contributed by atoms with van der Waals surface area (Å²) in [7, 11) is -2.08. The Labute approximate surface area is 185 Å². The van der Waals surface area contributed by atoms with Gasteiger partial charge in [0, 0.05) is 12.1 Å². The van der Waals surface area contributed by atoms with E-state index in [4.69, 9.17) is 11.6 Å². The molecule has 1 atom stereocenters. The zero-order valence-electron chi connectivity index (χ0n) is 17.5. The van der Waals surface area contributed by atoms with Gasteiger partial charge < -0.3 is 5.32 Å². The number of hydrogen-bond acceptors (Lipinski definition) is 4. The number of sulfonamides is 1. The topological polar surface area (TPSA) is 93.4 Å². The number of carbonyl (C=O) groups is 1. The van der Waals surface area contributed by atoms with Gasteiger partial charge in [0.1, 0.15) is 11.7 Å². The number of halogens is 1. The van der Waals surface area contributed by atoms with E-state index in [1.165, 1.54) is 23.7 Å². The molecule has 8 nitrogen and oxygen atoms in total. The van der Waals surface area contributed by atoms with Crippen LogP contribution in [0.25, 0.3) is 5.69 Å². The lowest BCUT2D eigenvalue weighted by molar-refractivity contribution is -0.116. The molecule has 1 aromatic heterocycles. The van der Waals surface area contributed by atoms with Crippen LogP contribution >= 0.6 is 11.6 Å². The van der Waals surface area contributed by atoms with Crippen molar-refractivity contribution in [3.8, 4) is 5.69 Å². The number of nitrogens with one attached hydrogen (secondary N) is 1. The van der Waals surface area contributed by atoms with E-state index in [1.807, 2.05) is 6.07 Å². The summed E-state index contributed by atoms with van der Waals surface area (Å²) in [6, 6.07) is 14.0. The van der Waals surface area contributed by atoms with Gasteiger partial charge in [-0.1, -0.05) is 29.8 Å². The number of hydrogen-bond donors (Lipinski definition) is 1. The van der Waals surface area contributed by atoms with Gasteiger partial charge in [0.25, 0.3) is 5.56 Å². The molecule has 0 unspecified atom stereocenters. The monoisotopic (exact) mass is 462 g/mol. The van der Waals surface area contributed by atoms with Crippen LogP contribution in [0.4, 0.5) is 11.4 Å². The minimum atomic E-state index is -3.79. The predicted octanol–water partition coefficient (Wildman–Crippen LogP) is 2.93. The second kappa shape index (κ2) is 8.60. The highest BCUT2D eigenvalue weighted by atomic mass is 35.5. The molecule has 0 radical (unpaired) electrons. The van der Waals surface area contributed by atoms with Crippen molar-refractivity contribution in [2.45, 2.75) is 19.9 Å². The number of rotatable bonds is 6. The van der Waals surface area contributed by atoms with Crippen LogP contribution in [0.15, 0.2) is 59.4 Å². The molecule has 3 aromatic rings. The number of para-hydroxylation sites is 1. The van der Waals surface area contributed by atoms with Gasteiger partial charge in [0.2, 0.25) is 15.9 Å². The summed E-state index contributed by atoms with van der Waals surface area (Å²) in [6.45, 7) is 3.16. The zero-order chi connectivity index (χ0) is 22.9. The number of amides is 1. The maximum absolute atomic E-state index is 13.0. The number of nitrogens with zero attached hydrogens (tertiary/aromatic N) is 3. The first kappa shape index (κ1) is 22.6. The number of aromatic nitrogens is 2. The molecule has 0 saturated heterocycles. The van der Waals surface area contributed by atoms with Crippen molar-refractivity contribution in [1.82, 2.24) is 9.36 Å². The van der Waals surface area contributed by atoms with Crippen molar-refractivity contribution in [1.29, 1.82) is 0 Å². The van der Waals surface area contributed by atoms with Crippen LogP contribution in [0.2, 0.25) is 5.02 Å². The first-order valence-electron chi connectivity index (χ1n) is 9.42. The number of carbonyl (C=O) groups excluding carboxylic acids is 1. The van der Waals surface area contributed by atoms with Crippen molar-refractivity contribution >= 4 is 38.9 Å². The normalized spacial score (nSPS) is 12.4. The lowest BCUT2D eigenvalue weighted by Gasteiger charge is -2.28. The third-order valence-corrected chi connectivity index (χ3v) is 6.47.